The molecule has 1 nitrogen and oxygen atoms in total. The third-order valence-corrected chi connectivity index (χ3v) is 6.21. The lowest BCUT2D eigenvalue weighted by molar-refractivity contribution is 0.543. The summed E-state index contributed by atoms with van der Waals surface area (Å²) >= 11 is 17.1. The van der Waals surface area contributed by atoms with Gasteiger partial charge in [0.2, 0.25) is 0 Å². The highest BCUT2D eigenvalue weighted by Gasteiger charge is 2.32. The van der Waals surface area contributed by atoms with Gasteiger partial charge in [-0.1, -0.05) is 61.7 Å². The van der Waals surface area contributed by atoms with Gasteiger partial charge >= 0.3 is 0 Å². The molecular weight excluding hydrogens is 469 g/mol. The van der Waals surface area contributed by atoms with Gasteiger partial charge in [0.05, 0.1) is 0 Å². The number of aromatic nitrogens is 1. The molecule has 0 fully saturated rings. The smallest absolute Gasteiger partial charge is 0.0444 e. The molecule has 1 aromatic carbocycles. The molecule has 0 saturated carbocycles. The molecule has 0 N–H and O–H groups in total. The van der Waals surface area contributed by atoms with Crippen molar-refractivity contribution in [2.75, 3.05) is 10.7 Å². The van der Waals surface area contributed by atoms with Gasteiger partial charge in [-0.15, -0.1) is 0 Å². The van der Waals surface area contributed by atoms with Crippen LogP contribution in [0.2, 0.25) is 5.02 Å². The van der Waals surface area contributed by atoms with Crippen LogP contribution in [0.4, 0.5) is 0 Å². The first-order valence-electron chi connectivity index (χ1n) is 6.09. The second-order valence-corrected chi connectivity index (χ2v) is 7.12. The number of alkyl halides is 2. The molecule has 0 aliphatic heterocycles. The Bertz CT molecular complexity index is 568. The van der Waals surface area contributed by atoms with Crippen molar-refractivity contribution >= 4 is 59.4 Å². The fraction of sp³-hybridized carbons (Fsp3) is 0.267. The number of halogens is 4. The molecule has 0 atom stereocenters. The molecule has 0 unspecified atom stereocenters. The second-order valence-electron chi connectivity index (χ2n) is 4.67. The Hall–Kier alpha value is 0.1000. The summed E-state index contributed by atoms with van der Waals surface area (Å²) in [5.74, 6) is 0. The Balaban J connectivity index is 2.39. The predicted octanol–water partition coefficient (Wildman–Crippen LogP) is 5.77. The van der Waals surface area contributed by atoms with Gasteiger partial charge in [-0.3, -0.25) is 4.98 Å². The van der Waals surface area contributed by atoms with Crippen LogP contribution in [-0.4, -0.2) is 15.6 Å². The van der Waals surface area contributed by atoms with Crippen molar-refractivity contribution in [1.29, 1.82) is 0 Å². The first-order valence-corrected chi connectivity index (χ1v) is 9.50. The van der Waals surface area contributed by atoms with Gasteiger partial charge in [0, 0.05) is 43.9 Å². The minimum atomic E-state index is -0.112. The van der Waals surface area contributed by atoms with E-state index in [-0.39, 0.29) is 5.41 Å². The molecule has 5 heteroatoms. The first kappa shape index (κ1) is 16.5. The van der Waals surface area contributed by atoms with Gasteiger partial charge < -0.3 is 0 Å². The van der Waals surface area contributed by atoms with Gasteiger partial charge in [-0.2, -0.15) is 0 Å². The van der Waals surface area contributed by atoms with Gasteiger partial charge in [-0.25, -0.2) is 0 Å². The topological polar surface area (TPSA) is 12.9 Å². The van der Waals surface area contributed by atoms with Crippen molar-refractivity contribution < 1.29 is 0 Å². The van der Waals surface area contributed by atoms with Crippen LogP contribution in [0.5, 0.6) is 0 Å². The quantitative estimate of drug-likeness (QED) is 0.494. The average molecular weight is 482 g/mol. The van der Waals surface area contributed by atoms with Crippen LogP contribution in [-0.2, 0) is 11.8 Å². The third kappa shape index (κ3) is 3.65. The van der Waals surface area contributed by atoms with Crippen LogP contribution in [0, 0.1) is 0 Å². The van der Waals surface area contributed by atoms with E-state index in [0.29, 0.717) is 0 Å². The van der Waals surface area contributed by atoms with Crippen LogP contribution in [0.15, 0.2) is 47.1 Å². The van der Waals surface area contributed by atoms with E-state index in [1.807, 2.05) is 36.5 Å². The molecule has 2 rings (SSSR count). The Labute approximate surface area is 149 Å². The van der Waals surface area contributed by atoms with Crippen molar-refractivity contribution in [3.63, 3.8) is 0 Å². The Morgan fingerprint density at radius 2 is 1.75 bits per heavy atom. The molecule has 0 spiro atoms. The molecule has 20 heavy (non-hydrogen) atoms. The van der Waals surface area contributed by atoms with Gasteiger partial charge in [0.1, 0.15) is 0 Å². The highest BCUT2D eigenvalue weighted by atomic mass is 79.9. The lowest BCUT2D eigenvalue weighted by Gasteiger charge is -2.31. The average Bonchev–Trinajstić information content (AvgIpc) is 2.48. The highest BCUT2D eigenvalue weighted by Crippen LogP contribution is 2.36. The van der Waals surface area contributed by atoms with Crippen LogP contribution in [0.1, 0.15) is 11.3 Å². The molecule has 0 amide bonds. The Morgan fingerprint density at radius 3 is 2.30 bits per heavy atom. The molecule has 0 saturated heterocycles. The number of pyridine rings is 1. The van der Waals surface area contributed by atoms with Crippen molar-refractivity contribution in [3.05, 3.63) is 63.3 Å². The van der Waals surface area contributed by atoms with E-state index >= 15 is 0 Å². The second kappa shape index (κ2) is 7.39. The van der Waals surface area contributed by atoms with Crippen LogP contribution < -0.4 is 0 Å². The van der Waals surface area contributed by atoms with Crippen molar-refractivity contribution in [2.45, 2.75) is 11.8 Å². The van der Waals surface area contributed by atoms with Crippen molar-refractivity contribution in [1.82, 2.24) is 4.98 Å². The zero-order chi connectivity index (χ0) is 14.6. The zero-order valence-corrected chi connectivity index (χ0v) is 16.1. The van der Waals surface area contributed by atoms with Crippen LogP contribution in [0.3, 0.4) is 0 Å². The summed E-state index contributed by atoms with van der Waals surface area (Å²) in [5, 5.41) is 2.42. The van der Waals surface area contributed by atoms with E-state index in [1.165, 1.54) is 0 Å². The van der Waals surface area contributed by atoms with Crippen molar-refractivity contribution in [2.24, 2.45) is 0 Å². The van der Waals surface area contributed by atoms with E-state index in [4.69, 9.17) is 11.6 Å². The van der Waals surface area contributed by atoms with Crippen LogP contribution in [0.25, 0.3) is 0 Å². The fourth-order valence-corrected chi connectivity index (χ4v) is 4.62. The summed E-state index contributed by atoms with van der Waals surface area (Å²) in [6.45, 7) is 0. The molecule has 0 aliphatic rings. The zero-order valence-electron chi connectivity index (χ0n) is 10.6. The normalized spacial score (nSPS) is 11.6. The third-order valence-electron chi connectivity index (χ3n) is 3.26. The van der Waals surface area contributed by atoms with E-state index < -0.39 is 0 Å². The lowest BCUT2D eigenvalue weighted by atomic mass is 9.80. The molecule has 2 aromatic rings. The molecule has 0 bridgehead atoms. The number of hydrogen-bond acceptors (Lipinski definition) is 1. The number of hydrogen-bond donors (Lipinski definition) is 0. The predicted molar refractivity (Wildman–Crippen MR) is 96.4 cm³/mol. The molecule has 0 aliphatic carbocycles. The number of nitrogens with zero attached hydrogens (tertiary/aromatic N) is 1. The maximum atomic E-state index is 6.39. The summed E-state index contributed by atoms with van der Waals surface area (Å²) < 4.78 is 0.988. The molecule has 106 valence electrons. The lowest BCUT2D eigenvalue weighted by Crippen LogP contribution is -2.33. The number of benzene rings is 1. The van der Waals surface area contributed by atoms with Crippen LogP contribution >= 0.6 is 59.4 Å². The van der Waals surface area contributed by atoms with E-state index in [2.05, 4.69) is 58.8 Å². The Kier molecular flexibility index (Phi) is 6.09. The summed E-state index contributed by atoms with van der Waals surface area (Å²) in [5.41, 5.74) is 2.08. The van der Waals surface area contributed by atoms with Gasteiger partial charge in [-0.05, 0) is 39.7 Å². The maximum Gasteiger partial charge on any atom is 0.0444 e. The SMILES string of the molecule is Clc1ccccc1C(CBr)(CBr)Cc1ccc(Br)cn1. The van der Waals surface area contributed by atoms with Gasteiger partial charge in [0.25, 0.3) is 0 Å². The minimum Gasteiger partial charge on any atom is -0.260 e. The largest absolute Gasteiger partial charge is 0.260 e. The first-order chi connectivity index (χ1) is 9.61. The summed E-state index contributed by atoms with van der Waals surface area (Å²) in [7, 11) is 0. The molecule has 1 aromatic heterocycles. The summed E-state index contributed by atoms with van der Waals surface area (Å²) in [6.07, 6.45) is 2.65. The fourth-order valence-electron chi connectivity index (χ4n) is 2.12. The monoisotopic (exact) mass is 479 g/mol. The van der Waals surface area contributed by atoms with E-state index in [0.717, 1.165) is 37.8 Å². The number of rotatable bonds is 5. The summed E-state index contributed by atoms with van der Waals surface area (Å²) in [6, 6.07) is 12.1. The molecule has 0 radical (unpaired) electrons. The van der Waals surface area contributed by atoms with Crippen molar-refractivity contribution in [3.8, 4) is 0 Å². The Morgan fingerprint density at radius 1 is 1.05 bits per heavy atom. The molecular formula is C15H13Br3ClN. The highest BCUT2D eigenvalue weighted by molar-refractivity contribution is 9.10. The van der Waals surface area contributed by atoms with E-state index in [1.54, 1.807) is 0 Å². The minimum absolute atomic E-state index is 0.112. The van der Waals surface area contributed by atoms with E-state index in [9.17, 15) is 0 Å². The molecule has 1 heterocycles. The summed E-state index contributed by atoms with van der Waals surface area (Å²) in [4.78, 5) is 4.48. The standard InChI is InChI=1S/C15H13Br3ClN/c16-9-15(10-17,13-3-1-2-4-14(13)19)7-12-6-5-11(18)8-20-12/h1-6,8H,7,9-10H2. The maximum absolute atomic E-state index is 6.39. The van der Waals surface area contributed by atoms with Gasteiger partial charge in [0.15, 0.2) is 0 Å².